The minimum Gasteiger partial charge on any atom is -0.326 e. The van der Waals surface area contributed by atoms with Crippen LogP contribution < -0.4 is 21.5 Å². The van der Waals surface area contributed by atoms with Crippen molar-refractivity contribution in [2.75, 3.05) is 16.0 Å². The molecule has 0 fully saturated rings. The summed E-state index contributed by atoms with van der Waals surface area (Å²) in [6.45, 7) is 2.91. The summed E-state index contributed by atoms with van der Waals surface area (Å²) in [6.07, 6.45) is 0.287. The Labute approximate surface area is 207 Å². The van der Waals surface area contributed by atoms with Gasteiger partial charge in [0.2, 0.25) is 17.7 Å². The third-order valence-electron chi connectivity index (χ3n) is 5.42. The van der Waals surface area contributed by atoms with Crippen molar-refractivity contribution in [2.45, 2.75) is 26.8 Å². The van der Waals surface area contributed by atoms with Gasteiger partial charge in [0.25, 0.3) is 5.56 Å². The van der Waals surface area contributed by atoms with Crippen molar-refractivity contribution >= 4 is 45.8 Å². The Kier molecular flexibility index (Phi) is 7.20. The Balaban J connectivity index is 1.69. The van der Waals surface area contributed by atoms with Gasteiger partial charge >= 0.3 is 0 Å². The van der Waals surface area contributed by atoms with Crippen LogP contribution in [-0.4, -0.2) is 27.3 Å². The molecule has 3 amide bonds. The zero-order chi connectivity index (χ0) is 25.7. The second-order valence-corrected chi connectivity index (χ2v) is 8.09. The molecule has 0 spiro atoms. The highest BCUT2D eigenvalue weighted by atomic mass is 16.2. The number of nitrogens with zero attached hydrogens (tertiary/aromatic N) is 2. The minimum atomic E-state index is -0.456. The van der Waals surface area contributed by atoms with Crippen molar-refractivity contribution in [3.8, 4) is 11.3 Å². The molecular formula is C27H25N5O4. The Morgan fingerprint density at radius 1 is 0.806 bits per heavy atom. The molecule has 3 aromatic carbocycles. The van der Waals surface area contributed by atoms with Gasteiger partial charge in [-0.3, -0.25) is 23.7 Å². The van der Waals surface area contributed by atoms with E-state index in [-0.39, 0.29) is 30.5 Å². The van der Waals surface area contributed by atoms with Crippen LogP contribution in [0.25, 0.3) is 22.3 Å². The standard InChI is InChI=1S/C27H25N5O4/c1-3-24(34)30-21-9-5-4-8-20(21)26-27(36)32(23-11-7-6-10-22(23)31-26)16-25(35)29-19-14-12-18(13-15-19)28-17(2)33/h4-15H,3,16H2,1-2H3,(H,28,33)(H,29,35)(H,30,34). The molecule has 4 rings (SSSR count). The molecule has 182 valence electrons. The first kappa shape index (κ1) is 24.3. The normalized spacial score (nSPS) is 10.6. The van der Waals surface area contributed by atoms with Gasteiger partial charge in [0.15, 0.2) is 0 Å². The first-order valence-electron chi connectivity index (χ1n) is 11.4. The predicted molar refractivity (Wildman–Crippen MR) is 140 cm³/mol. The van der Waals surface area contributed by atoms with Crippen LogP contribution in [0.3, 0.4) is 0 Å². The van der Waals surface area contributed by atoms with E-state index in [0.717, 1.165) is 0 Å². The Morgan fingerprint density at radius 2 is 1.44 bits per heavy atom. The average molecular weight is 484 g/mol. The van der Waals surface area contributed by atoms with Crippen LogP contribution in [0.15, 0.2) is 77.6 Å². The summed E-state index contributed by atoms with van der Waals surface area (Å²) in [6, 6.07) is 20.7. The van der Waals surface area contributed by atoms with E-state index in [1.165, 1.54) is 11.5 Å². The maximum atomic E-state index is 13.6. The topological polar surface area (TPSA) is 122 Å². The number of benzene rings is 3. The Bertz CT molecular complexity index is 1510. The number of nitrogens with one attached hydrogen (secondary N) is 3. The third kappa shape index (κ3) is 5.47. The highest BCUT2D eigenvalue weighted by Crippen LogP contribution is 2.26. The van der Waals surface area contributed by atoms with Crippen molar-refractivity contribution in [1.82, 2.24) is 9.55 Å². The fourth-order valence-corrected chi connectivity index (χ4v) is 3.75. The lowest BCUT2D eigenvalue weighted by Gasteiger charge is -2.15. The number of hydrogen-bond donors (Lipinski definition) is 3. The van der Waals surface area contributed by atoms with Crippen LogP contribution in [0.4, 0.5) is 17.1 Å². The van der Waals surface area contributed by atoms with Crippen LogP contribution in [-0.2, 0) is 20.9 Å². The molecule has 0 atom stereocenters. The van der Waals surface area contributed by atoms with Gasteiger partial charge in [-0.15, -0.1) is 0 Å². The van der Waals surface area contributed by atoms with Gasteiger partial charge in [0, 0.05) is 30.3 Å². The van der Waals surface area contributed by atoms with E-state index < -0.39 is 11.5 Å². The molecule has 0 saturated heterocycles. The second-order valence-electron chi connectivity index (χ2n) is 8.09. The van der Waals surface area contributed by atoms with Gasteiger partial charge in [-0.25, -0.2) is 4.98 Å². The second kappa shape index (κ2) is 10.6. The molecule has 0 aliphatic heterocycles. The molecule has 0 radical (unpaired) electrons. The summed E-state index contributed by atoms with van der Waals surface area (Å²) < 4.78 is 1.37. The number of rotatable bonds is 7. The van der Waals surface area contributed by atoms with E-state index in [0.29, 0.717) is 33.7 Å². The van der Waals surface area contributed by atoms with Crippen LogP contribution in [0.2, 0.25) is 0 Å². The lowest BCUT2D eigenvalue weighted by Crippen LogP contribution is -2.30. The van der Waals surface area contributed by atoms with Crippen LogP contribution in [0.1, 0.15) is 20.3 Å². The summed E-state index contributed by atoms with van der Waals surface area (Å²) >= 11 is 0. The van der Waals surface area contributed by atoms with Gasteiger partial charge in [-0.2, -0.15) is 0 Å². The maximum Gasteiger partial charge on any atom is 0.278 e. The fourth-order valence-electron chi connectivity index (χ4n) is 3.75. The number of aromatic nitrogens is 2. The van der Waals surface area contributed by atoms with E-state index in [1.54, 1.807) is 79.7 Å². The maximum absolute atomic E-state index is 13.6. The van der Waals surface area contributed by atoms with E-state index >= 15 is 0 Å². The number of fused-ring (bicyclic) bond motifs is 1. The van der Waals surface area contributed by atoms with Crippen LogP contribution in [0, 0.1) is 0 Å². The molecule has 0 aliphatic rings. The van der Waals surface area contributed by atoms with Crippen LogP contribution >= 0.6 is 0 Å². The zero-order valence-electron chi connectivity index (χ0n) is 19.9. The summed E-state index contributed by atoms with van der Waals surface area (Å²) in [5, 5.41) is 8.25. The average Bonchev–Trinajstić information content (AvgIpc) is 2.87. The Morgan fingerprint density at radius 3 is 2.14 bits per heavy atom. The molecule has 9 nitrogen and oxygen atoms in total. The lowest BCUT2D eigenvalue weighted by molar-refractivity contribution is -0.117. The molecule has 0 bridgehead atoms. The largest absolute Gasteiger partial charge is 0.326 e. The van der Waals surface area contributed by atoms with Gasteiger partial charge in [0.05, 0.1) is 16.7 Å². The summed E-state index contributed by atoms with van der Waals surface area (Å²) in [7, 11) is 0. The number of para-hydroxylation sites is 3. The quantitative estimate of drug-likeness (QED) is 0.367. The summed E-state index contributed by atoms with van der Waals surface area (Å²) in [4.78, 5) is 54.3. The molecule has 9 heteroatoms. The number of carbonyl (C=O) groups excluding carboxylic acids is 3. The third-order valence-corrected chi connectivity index (χ3v) is 5.42. The Hall–Kier alpha value is -4.79. The predicted octanol–water partition coefficient (Wildman–Crippen LogP) is 4.01. The van der Waals surface area contributed by atoms with E-state index in [9.17, 15) is 19.2 Å². The minimum absolute atomic E-state index is 0.133. The monoisotopic (exact) mass is 483 g/mol. The smallest absolute Gasteiger partial charge is 0.278 e. The molecule has 0 aliphatic carbocycles. The van der Waals surface area contributed by atoms with E-state index in [1.807, 2.05) is 0 Å². The van der Waals surface area contributed by atoms with Crippen molar-refractivity contribution in [3.63, 3.8) is 0 Å². The number of amides is 3. The van der Waals surface area contributed by atoms with E-state index in [2.05, 4.69) is 20.9 Å². The highest BCUT2D eigenvalue weighted by molar-refractivity contribution is 5.96. The molecular weight excluding hydrogens is 458 g/mol. The SMILES string of the molecule is CCC(=O)Nc1ccccc1-c1nc2ccccc2n(CC(=O)Nc2ccc(NC(C)=O)cc2)c1=O. The van der Waals surface area contributed by atoms with Crippen molar-refractivity contribution in [3.05, 3.63) is 83.2 Å². The van der Waals surface area contributed by atoms with Crippen molar-refractivity contribution in [2.24, 2.45) is 0 Å². The molecule has 0 saturated carbocycles. The first-order valence-corrected chi connectivity index (χ1v) is 11.4. The van der Waals surface area contributed by atoms with Crippen molar-refractivity contribution in [1.29, 1.82) is 0 Å². The highest BCUT2D eigenvalue weighted by Gasteiger charge is 2.18. The molecule has 3 N–H and O–H groups in total. The lowest BCUT2D eigenvalue weighted by atomic mass is 10.1. The van der Waals surface area contributed by atoms with Gasteiger partial charge in [0.1, 0.15) is 12.2 Å². The molecule has 0 unspecified atom stereocenters. The van der Waals surface area contributed by atoms with Crippen molar-refractivity contribution < 1.29 is 14.4 Å². The van der Waals surface area contributed by atoms with Gasteiger partial charge < -0.3 is 16.0 Å². The van der Waals surface area contributed by atoms with Gasteiger partial charge in [-0.1, -0.05) is 37.3 Å². The van der Waals surface area contributed by atoms with Gasteiger partial charge in [-0.05, 0) is 42.5 Å². The number of carbonyl (C=O) groups is 3. The zero-order valence-corrected chi connectivity index (χ0v) is 19.9. The number of anilines is 3. The molecule has 36 heavy (non-hydrogen) atoms. The first-order chi connectivity index (χ1) is 17.4. The van der Waals surface area contributed by atoms with Crippen LogP contribution in [0.5, 0.6) is 0 Å². The summed E-state index contributed by atoms with van der Waals surface area (Å²) in [5.41, 5.74) is 2.80. The molecule has 1 heterocycles. The number of hydrogen-bond acceptors (Lipinski definition) is 5. The van der Waals surface area contributed by atoms with E-state index in [4.69, 9.17) is 0 Å². The summed E-state index contributed by atoms with van der Waals surface area (Å²) in [5.74, 6) is -0.783. The fraction of sp³-hybridized carbons (Fsp3) is 0.148. The molecule has 1 aromatic heterocycles. The molecule has 4 aromatic rings.